The van der Waals surface area contributed by atoms with Gasteiger partial charge in [0.2, 0.25) is 0 Å². The van der Waals surface area contributed by atoms with Gasteiger partial charge in [-0.3, -0.25) is 4.98 Å². The van der Waals surface area contributed by atoms with Gasteiger partial charge < -0.3 is 0 Å². The Balaban J connectivity index is 0.000000180. The van der Waals surface area contributed by atoms with Crippen LogP contribution in [0.1, 0.15) is 0 Å². The molecule has 0 radical (unpaired) electrons. The third-order valence-corrected chi connectivity index (χ3v) is 0.566. The predicted molar refractivity (Wildman–Crippen MR) is 36.3 cm³/mol. The molecule has 0 amide bonds. The van der Waals surface area contributed by atoms with Crippen LogP contribution in [0, 0.1) is 0 Å². The molecule has 0 saturated heterocycles. The van der Waals surface area contributed by atoms with E-state index in [0.29, 0.717) is 0 Å². The van der Waals surface area contributed by atoms with Crippen LogP contribution in [0.2, 0.25) is 0 Å². The smallest absolute Gasteiger partial charge is 0.265 e. The third-order valence-electron chi connectivity index (χ3n) is 0.566. The molecule has 4 nitrogen and oxygen atoms in total. The summed E-state index contributed by atoms with van der Waals surface area (Å²) in [6.45, 7) is 0. The molecular weight excluding hydrogens is 153 g/mol. The van der Waals surface area contributed by atoms with E-state index in [9.17, 15) is 0 Å². The zero-order valence-electron chi connectivity index (χ0n) is 5.08. The predicted octanol–water partition coefficient (Wildman–Crippen LogP) is 0.710. The van der Waals surface area contributed by atoms with Crippen molar-refractivity contribution >= 4 is 8.25 Å². The van der Waals surface area contributed by atoms with Crippen molar-refractivity contribution in [3.8, 4) is 0 Å². The average molecular weight is 160 g/mol. The molecule has 0 saturated carbocycles. The number of rotatable bonds is 0. The van der Waals surface area contributed by atoms with Crippen LogP contribution in [0.3, 0.4) is 0 Å². The first-order chi connectivity index (χ1) is 4.73. The van der Waals surface area contributed by atoms with E-state index < -0.39 is 8.25 Å². The van der Waals surface area contributed by atoms with Gasteiger partial charge in [0.25, 0.3) is 0 Å². The van der Waals surface area contributed by atoms with Crippen LogP contribution in [-0.4, -0.2) is 14.8 Å². The highest BCUT2D eigenvalue weighted by Crippen LogP contribution is 1.98. The van der Waals surface area contributed by atoms with Gasteiger partial charge in [-0.15, -0.1) is 9.79 Å². The Hall–Kier alpha value is -0.830. The van der Waals surface area contributed by atoms with Crippen LogP contribution in [0.5, 0.6) is 0 Å². The molecule has 0 spiro atoms. The van der Waals surface area contributed by atoms with Gasteiger partial charge in [0, 0.05) is 17.0 Å². The lowest BCUT2D eigenvalue weighted by molar-refractivity contribution is 0.405. The molecule has 1 heterocycles. The molecule has 1 aromatic rings. The fourth-order valence-electron chi connectivity index (χ4n) is 0.313. The van der Waals surface area contributed by atoms with E-state index in [1.165, 1.54) is 0 Å². The Morgan fingerprint density at radius 2 is 1.50 bits per heavy atom. The topological polar surface area (TPSA) is 70.4 Å². The lowest BCUT2D eigenvalue weighted by Gasteiger charge is -1.70. The van der Waals surface area contributed by atoms with Crippen molar-refractivity contribution in [2.24, 2.45) is 0 Å². The largest absolute Gasteiger partial charge is 0.692 e. The summed E-state index contributed by atoms with van der Waals surface area (Å²) in [5.41, 5.74) is 0. The van der Waals surface area contributed by atoms with Crippen LogP contribution in [0.4, 0.5) is 0 Å². The zero-order valence-corrected chi connectivity index (χ0v) is 5.98. The van der Waals surface area contributed by atoms with Crippen LogP contribution < -0.4 is 0 Å². The first-order valence-electron chi connectivity index (χ1n) is 2.43. The quantitative estimate of drug-likeness (QED) is 0.548. The van der Waals surface area contributed by atoms with Crippen molar-refractivity contribution in [3.63, 3.8) is 0 Å². The summed E-state index contributed by atoms with van der Waals surface area (Å²) in [7, 11) is -2.87. The number of pyridine rings is 1. The van der Waals surface area contributed by atoms with Gasteiger partial charge in [-0.2, -0.15) is 0 Å². The SMILES string of the molecule is O=[P+](O)O.c1ccncc1. The minimum absolute atomic E-state index is 1.75. The first kappa shape index (κ1) is 9.17. The number of hydrogen-bond donors (Lipinski definition) is 2. The van der Waals surface area contributed by atoms with Gasteiger partial charge in [-0.25, -0.2) is 0 Å². The molecule has 5 heteroatoms. The van der Waals surface area contributed by atoms with E-state index in [0.717, 1.165) is 0 Å². The molecule has 0 unspecified atom stereocenters. The highest BCUT2D eigenvalue weighted by atomic mass is 31.1. The van der Waals surface area contributed by atoms with Crippen LogP contribution >= 0.6 is 8.25 Å². The average Bonchev–Trinajstić information content (AvgIpc) is 1.90. The molecule has 1 rings (SSSR count). The van der Waals surface area contributed by atoms with Crippen molar-refractivity contribution in [1.29, 1.82) is 0 Å². The van der Waals surface area contributed by atoms with Crippen molar-refractivity contribution in [2.75, 3.05) is 0 Å². The Bertz CT molecular complexity index is 149. The van der Waals surface area contributed by atoms with Crippen molar-refractivity contribution < 1.29 is 14.4 Å². The molecule has 0 fully saturated rings. The van der Waals surface area contributed by atoms with Crippen molar-refractivity contribution in [2.45, 2.75) is 0 Å². The Morgan fingerprint density at radius 3 is 1.60 bits per heavy atom. The second-order valence-electron chi connectivity index (χ2n) is 1.28. The van der Waals surface area contributed by atoms with Gasteiger partial charge in [0.1, 0.15) is 0 Å². The molecule has 10 heavy (non-hydrogen) atoms. The highest BCUT2D eigenvalue weighted by molar-refractivity contribution is 7.30. The van der Waals surface area contributed by atoms with E-state index in [4.69, 9.17) is 14.4 Å². The lowest BCUT2D eigenvalue weighted by Crippen LogP contribution is -1.58. The molecule has 0 bridgehead atoms. The van der Waals surface area contributed by atoms with Crippen LogP contribution in [0.25, 0.3) is 0 Å². The van der Waals surface area contributed by atoms with E-state index >= 15 is 0 Å². The Morgan fingerprint density at radius 1 is 1.10 bits per heavy atom. The monoisotopic (exact) mass is 160 g/mol. The van der Waals surface area contributed by atoms with Gasteiger partial charge in [-0.1, -0.05) is 6.07 Å². The number of nitrogens with zero attached hydrogens (tertiary/aromatic N) is 1. The standard InChI is InChI=1S/C5H5N.HO3P/c1-2-4-6-5-3-1;1-4(2)3/h1-5H;(H-,1,2,3)/p+1. The molecule has 54 valence electrons. The highest BCUT2D eigenvalue weighted by Gasteiger charge is 1.93. The van der Waals surface area contributed by atoms with E-state index in [-0.39, 0.29) is 0 Å². The summed E-state index contributed by atoms with van der Waals surface area (Å²) >= 11 is 0. The molecule has 1 aromatic heterocycles. The molecule has 0 aliphatic rings. The Kier molecular flexibility index (Phi) is 5.77. The summed E-state index contributed by atoms with van der Waals surface area (Å²) in [6, 6.07) is 5.72. The number of hydrogen-bond acceptors (Lipinski definition) is 2. The van der Waals surface area contributed by atoms with Gasteiger partial charge in [0.05, 0.1) is 0 Å². The molecule has 2 N–H and O–H groups in total. The second-order valence-corrected chi connectivity index (χ2v) is 1.78. The first-order valence-corrected chi connectivity index (χ1v) is 3.60. The second kappa shape index (κ2) is 6.29. The zero-order chi connectivity index (χ0) is 7.82. The van der Waals surface area contributed by atoms with Crippen molar-refractivity contribution in [1.82, 2.24) is 4.98 Å². The summed E-state index contributed by atoms with van der Waals surface area (Å²) in [6.07, 6.45) is 3.50. The summed E-state index contributed by atoms with van der Waals surface area (Å²) < 4.78 is 8.70. The minimum atomic E-state index is -2.87. The summed E-state index contributed by atoms with van der Waals surface area (Å²) in [4.78, 5) is 18.0. The lowest BCUT2D eigenvalue weighted by atomic mass is 10.5. The maximum Gasteiger partial charge on any atom is 0.692 e. The van der Waals surface area contributed by atoms with Crippen LogP contribution in [-0.2, 0) is 4.57 Å². The fraction of sp³-hybridized carbons (Fsp3) is 0. The fourth-order valence-corrected chi connectivity index (χ4v) is 0.313. The van der Waals surface area contributed by atoms with Gasteiger partial charge >= 0.3 is 8.25 Å². The normalized spacial score (nSPS) is 7.40. The van der Waals surface area contributed by atoms with Crippen molar-refractivity contribution in [3.05, 3.63) is 30.6 Å². The molecular formula is C5H7NO3P+. The molecule has 0 atom stereocenters. The van der Waals surface area contributed by atoms with Gasteiger partial charge in [-0.05, 0) is 12.1 Å². The maximum absolute atomic E-state index is 8.70. The summed E-state index contributed by atoms with van der Waals surface area (Å²) in [5, 5.41) is 0. The van der Waals surface area contributed by atoms with E-state index in [1.807, 2.05) is 18.2 Å². The Labute approximate surface area is 59.1 Å². The van der Waals surface area contributed by atoms with Gasteiger partial charge in [0.15, 0.2) is 0 Å². The van der Waals surface area contributed by atoms with E-state index in [2.05, 4.69) is 4.98 Å². The minimum Gasteiger partial charge on any atom is -0.265 e. The third kappa shape index (κ3) is 10.2. The molecule has 0 aromatic carbocycles. The number of aromatic nitrogens is 1. The van der Waals surface area contributed by atoms with E-state index in [1.54, 1.807) is 12.4 Å². The molecule has 0 aliphatic carbocycles. The molecule has 0 aliphatic heterocycles. The summed E-state index contributed by atoms with van der Waals surface area (Å²) in [5.74, 6) is 0. The van der Waals surface area contributed by atoms with Crippen LogP contribution in [0.15, 0.2) is 30.6 Å². The maximum atomic E-state index is 8.70.